The standard InChI is InChI=1S/C6H3N2O/c7-4-6-2-1-3-8(9)5-6/h2-3,5H. The second kappa shape index (κ2) is 2.14. The van der Waals surface area contributed by atoms with Gasteiger partial charge >= 0.3 is 0 Å². The molecule has 0 saturated carbocycles. The Balaban J connectivity index is 3.12. The average molecular weight is 119 g/mol. The normalized spacial score (nSPS) is 8.33. The Bertz CT molecular complexity index is 251. The predicted octanol–water partition coefficient (Wildman–Crippen LogP) is -0.00813. The highest BCUT2D eigenvalue weighted by Crippen LogP contribution is 1.87. The summed E-state index contributed by atoms with van der Waals surface area (Å²) < 4.78 is 0.540. The number of aromatic nitrogens is 1. The first kappa shape index (κ1) is 5.57. The van der Waals surface area contributed by atoms with Crippen molar-refractivity contribution in [2.45, 2.75) is 0 Å². The molecule has 43 valence electrons. The minimum absolute atomic E-state index is 0.326. The Hall–Kier alpha value is -1.56. The highest BCUT2D eigenvalue weighted by Gasteiger charge is 1.91. The van der Waals surface area contributed by atoms with Crippen molar-refractivity contribution in [2.24, 2.45) is 0 Å². The zero-order chi connectivity index (χ0) is 6.69. The number of rotatable bonds is 0. The van der Waals surface area contributed by atoms with Gasteiger partial charge in [-0.3, -0.25) is 0 Å². The SMILES string of the molecule is N#Cc1c[c]c[n+]([O-])c1. The molecule has 3 heteroatoms. The van der Waals surface area contributed by atoms with Gasteiger partial charge in [-0.1, -0.05) is 0 Å². The Morgan fingerprint density at radius 3 is 3.00 bits per heavy atom. The van der Waals surface area contributed by atoms with E-state index >= 15 is 0 Å². The molecule has 1 heterocycles. The molecule has 1 aromatic rings. The van der Waals surface area contributed by atoms with Gasteiger partial charge < -0.3 is 5.21 Å². The van der Waals surface area contributed by atoms with E-state index in [2.05, 4.69) is 6.07 Å². The van der Waals surface area contributed by atoms with Crippen molar-refractivity contribution >= 4 is 0 Å². The summed E-state index contributed by atoms with van der Waals surface area (Å²) in [6, 6.07) is 5.78. The van der Waals surface area contributed by atoms with Gasteiger partial charge in [-0.05, 0) is 6.07 Å². The second-order valence-electron chi connectivity index (χ2n) is 1.50. The molecule has 0 N–H and O–H groups in total. The second-order valence-corrected chi connectivity index (χ2v) is 1.50. The lowest BCUT2D eigenvalue weighted by Gasteiger charge is -1.90. The molecule has 0 aromatic carbocycles. The fraction of sp³-hybridized carbons (Fsp3) is 0. The molecular formula is C6H3N2O. The van der Waals surface area contributed by atoms with Crippen molar-refractivity contribution in [3.05, 3.63) is 35.3 Å². The van der Waals surface area contributed by atoms with Crippen LogP contribution in [0, 0.1) is 22.6 Å². The quantitative estimate of drug-likeness (QED) is 0.356. The lowest BCUT2D eigenvalue weighted by Crippen LogP contribution is -2.24. The molecule has 9 heavy (non-hydrogen) atoms. The van der Waals surface area contributed by atoms with Gasteiger partial charge in [0, 0.05) is 0 Å². The van der Waals surface area contributed by atoms with Gasteiger partial charge in [0.15, 0.2) is 12.4 Å². The highest BCUT2D eigenvalue weighted by molar-refractivity contribution is 5.21. The molecule has 1 rings (SSSR count). The van der Waals surface area contributed by atoms with E-state index in [0.29, 0.717) is 10.3 Å². The third kappa shape index (κ3) is 1.16. The molecule has 1 aromatic heterocycles. The lowest BCUT2D eigenvalue weighted by atomic mass is 10.3. The van der Waals surface area contributed by atoms with Crippen LogP contribution < -0.4 is 4.73 Å². The molecule has 0 saturated heterocycles. The fourth-order valence-corrected chi connectivity index (χ4v) is 0.473. The molecule has 0 aliphatic rings. The summed E-state index contributed by atoms with van der Waals surface area (Å²) in [5.41, 5.74) is 0.326. The molecule has 0 atom stereocenters. The maximum atomic E-state index is 10.4. The maximum absolute atomic E-state index is 10.4. The maximum Gasteiger partial charge on any atom is 0.198 e. The molecule has 0 amide bonds. The van der Waals surface area contributed by atoms with E-state index in [1.807, 2.05) is 6.07 Å². The first-order valence-electron chi connectivity index (χ1n) is 2.33. The minimum atomic E-state index is 0.326. The number of hydrogen-bond acceptors (Lipinski definition) is 2. The Labute approximate surface area is 52.4 Å². The molecule has 0 fully saturated rings. The van der Waals surface area contributed by atoms with E-state index in [1.165, 1.54) is 18.5 Å². The summed E-state index contributed by atoms with van der Waals surface area (Å²) in [5.74, 6) is 0. The van der Waals surface area contributed by atoms with Crippen LogP contribution in [-0.2, 0) is 0 Å². The summed E-state index contributed by atoms with van der Waals surface area (Å²) in [6.07, 6.45) is 2.40. The van der Waals surface area contributed by atoms with E-state index in [1.54, 1.807) is 0 Å². The van der Waals surface area contributed by atoms with Gasteiger partial charge in [-0.2, -0.15) is 9.99 Å². The van der Waals surface area contributed by atoms with Crippen molar-refractivity contribution in [1.82, 2.24) is 0 Å². The van der Waals surface area contributed by atoms with E-state index in [0.717, 1.165) is 0 Å². The predicted molar refractivity (Wildman–Crippen MR) is 29.0 cm³/mol. The van der Waals surface area contributed by atoms with Crippen LogP contribution in [0.25, 0.3) is 0 Å². The molecule has 0 bridgehead atoms. The van der Waals surface area contributed by atoms with Crippen LogP contribution in [0.2, 0.25) is 0 Å². The third-order valence-electron chi connectivity index (χ3n) is 0.836. The van der Waals surface area contributed by atoms with Crippen molar-refractivity contribution in [1.29, 1.82) is 5.26 Å². The lowest BCUT2D eigenvalue weighted by molar-refractivity contribution is -0.605. The zero-order valence-corrected chi connectivity index (χ0v) is 4.53. The van der Waals surface area contributed by atoms with Crippen LogP contribution in [0.4, 0.5) is 0 Å². The van der Waals surface area contributed by atoms with Gasteiger partial charge in [-0.15, -0.1) is 0 Å². The topological polar surface area (TPSA) is 50.7 Å². The van der Waals surface area contributed by atoms with E-state index in [4.69, 9.17) is 5.26 Å². The summed E-state index contributed by atoms with van der Waals surface area (Å²) >= 11 is 0. The molecule has 0 aliphatic carbocycles. The van der Waals surface area contributed by atoms with Gasteiger partial charge in [0.25, 0.3) is 0 Å². The third-order valence-corrected chi connectivity index (χ3v) is 0.836. The monoisotopic (exact) mass is 119 g/mol. The van der Waals surface area contributed by atoms with Crippen molar-refractivity contribution in [2.75, 3.05) is 0 Å². The van der Waals surface area contributed by atoms with E-state index < -0.39 is 0 Å². The van der Waals surface area contributed by atoms with Crippen molar-refractivity contribution in [3.63, 3.8) is 0 Å². The minimum Gasteiger partial charge on any atom is -0.619 e. The molecule has 0 spiro atoms. The number of nitrogens with zero attached hydrogens (tertiary/aromatic N) is 2. The summed E-state index contributed by atoms with van der Waals surface area (Å²) in [7, 11) is 0. The van der Waals surface area contributed by atoms with Crippen molar-refractivity contribution in [3.8, 4) is 6.07 Å². The first-order valence-corrected chi connectivity index (χ1v) is 2.33. The highest BCUT2D eigenvalue weighted by atomic mass is 16.5. The van der Waals surface area contributed by atoms with Crippen molar-refractivity contribution < 1.29 is 4.73 Å². The van der Waals surface area contributed by atoms with Crippen LogP contribution in [-0.4, -0.2) is 0 Å². The van der Waals surface area contributed by atoms with Crippen LogP contribution in [0.1, 0.15) is 5.56 Å². The van der Waals surface area contributed by atoms with Gasteiger partial charge in [0.2, 0.25) is 0 Å². The van der Waals surface area contributed by atoms with Gasteiger partial charge in [0.05, 0.1) is 6.07 Å². The van der Waals surface area contributed by atoms with Gasteiger partial charge in [0.1, 0.15) is 11.6 Å². The number of pyridine rings is 1. The van der Waals surface area contributed by atoms with Crippen LogP contribution >= 0.6 is 0 Å². The zero-order valence-electron chi connectivity index (χ0n) is 4.53. The van der Waals surface area contributed by atoms with Crippen LogP contribution in [0.5, 0.6) is 0 Å². The molecule has 0 unspecified atom stereocenters. The summed E-state index contributed by atoms with van der Waals surface area (Å²) in [6.45, 7) is 0. The number of hydrogen-bond donors (Lipinski definition) is 0. The Kier molecular flexibility index (Phi) is 1.32. The molecular weight excluding hydrogens is 116 g/mol. The molecule has 0 aliphatic heterocycles. The smallest absolute Gasteiger partial charge is 0.198 e. The Morgan fingerprint density at radius 1 is 1.78 bits per heavy atom. The summed E-state index contributed by atoms with van der Waals surface area (Å²) in [4.78, 5) is 0. The first-order chi connectivity index (χ1) is 4.33. The van der Waals surface area contributed by atoms with Crippen LogP contribution in [0.15, 0.2) is 18.5 Å². The molecule has 3 nitrogen and oxygen atoms in total. The average Bonchev–Trinajstić information content (AvgIpc) is 1.88. The fourth-order valence-electron chi connectivity index (χ4n) is 0.473. The summed E-state index contributed by atoms with van der Waals surface area (Å²) in [5, 5.41) is 18.6. The van der Waals surface area contributed by atoms with Gasteiger partial charge in [-0.25, -0.2) is 0 Å². The van der Waals surface area contributed by atoms with E-state index in [-0.39, 0.29) is 0 Å². The van der Waals surface area contributed by atoms with Crippen LogP contribution in [0.3, 0.4) is 0 Å². The molecule has 1 radical (unpaired) electrons. The van der Waals surface area contributed by atoms with E-state index in [9.17, 15) is 5.21 Å². The largest absolute Gasteiger partial charge is 0.619 e. The number of nitriles is 1. The Morgan fingerprint density at radius 2 is 2.56 bits per heavy atom.